The van der Waals surface area contributed by atoms with Crippen LogP contribution in [0.4, 0.5) is 0 Å². The van der Waals surface area contributed by atoms with Crippen LogP contribution in [0.2, 0.25) is 10.0 Å². The molecule has 3 aromatic rings. The Morgan fingerprint density at radius 1 is 1.04 bits per heavy atom. The quantitative estimate of drug-likeness (QED) is 0.161. The molecule has 6 heteroatoms. The molecule has 28 heavy (non-hydrogen) atoms. The van der Waals surface area contributed by atoms with Gasteiger partial charge in [0.05, 0.1) is 11.6 Å². The minimum atomic E-state index is -0.713. The molecule has 1 heterocycles. The van der Waals surface area contributed by atoms with Crippen molar-refractivity contribution in [3.8, 4) is 11.3 Å². The number of esters is 1. The highest BCUT2D eigenvalue weighted by atomic mass is 35.5. The van der Waals surface area contributed by atoms with E-state index in [4.69, 9.17) is 32.4 Å². The number of ether oxygens (including phenoxy) is 1. The fraction of sp³-hybridized carbons (Fsp3) is 0.0909. The van der Waals surface area contributed by atoms with Crippen LogP contribution < -0.4 is 0 Å². The highest BCUT2D eigenvalue weighted by Gasteiger charge is 2.22. The second-order valence-corrected chi connectivity index (χ2v) is 6.64. The van der Waals surface area contributed by atoms with Crippen molar-refractivity contribution < 1.29 is 18.7 Å². The number of Topliss-reactive ketones (excluding diaryl/α,β-unsaturated/α-hetero) is 1. The van der Waals surface area contributed by atoms with Crippen molar-refractivity contribution in [1.29, 1.82) is 0 Å². The molecule has 0 aliphatic heterocycles. The number of hydrogen-bond acceptors (Lipinski definition) is 4. The van der Waals surface area contributed by atoms with E-state index in [1.807, 2.05) is 0 Å². The van der Waals surface area contributed by atoms with Crippen molar-refractivity contribution in [2.45, 2.75) is 6.92 Å². The van der Waals surface area contributed by atoms with Crippen molar-refractivity contribution in [3.63, 3.8) is 0 Å². The number of carbonyl (C=O) groups is 2. The van der Waals surface area contributed by atoms with Crippen molar-refractivity contribution in [3.05, 3.63) is 87.6 Å². The van der Waals surface area contributed by atoms with Crippen LogP contribution in [0.25, 0.3) is 17.4 Å². The van der Waals surface area contributed by atoms with E-state index in [-0.39, 0.29) is 12.2 Å². The lowest BCUT2D eigenvalue weighted by Crippen LogP contribution is -2.16. The van der Waals surface area contributed by atoms with Gasteiger partial charge in [0, 0.05) is 16.1 Å². The second kappa shape index (κ2) is 8.91. The first-order chi connectivity index (χ1) is 13.5. The third-order valence-corrected chi connectivity index (χ3v) is 4.45. The molecule has 142 valence electrons. The Hall–Kier alpha value is -2.82. The molecule has 0 N–H and O–H groups in total. The Bertz CT molecular complexity index is 1040. The normalized spacial score (nSPS) is 11.3. The number of benzene rings is 2. The van der Waals surface area contributed by atoms with E-state index in [2.05, 4.69) is 0 Å². The zero-order valence-electron chi connectivity index (χ0n) is 14.9. The molecule has 2 aromatic carbocycles. The average Bonchev–Trinajstić information content (AvgIpc) is 3.17. The zero-order valence-corrected chi connectivity index (χ0v) is 16.5. The molecule has 0 fully saturated rings. The van der Waals surface area contributed by atoms with E-state index in [1.54, 1.807) is 67.6 Å². The Kier molecular flexibility index (Phi) is 6.34. The van der Waals surface area contributed by atoms with Crippen LogP contribution in [-0.2, 0) is 9.53 Å². The van der Waals surface area contributed by atoms with Crippen LogP contribution in [0, 0.1) is 0 Å². The molecule has 1 aromatic heterocycles. The van der Waals surface area contributed by atoms with Gasteiger partial charge in [-0.25, -0.2) is 4.79 Å². The third kappa shape index (κ3) is 4.53. The van der Waals surface area contributed by atoms with Gasteiger partial charge in [0.15, 0.2) is 5.78 Å². The summed E-state index contributed by atoms with van der Waals surface area (Å²) in [6.45, 7) is 1.83. The summed E-state index contributed by atoms with van der Waals surface area (Å²) in [6.07, 6.45) is 1.37. The highest BCUT2D eigenvalue weighted by molar-refractivity contribution is 6.35. The summed E-state index contributed by atoms with van der Waals surface area (Å²) >= 11 is 12.2. The summed E-state index contributed by atoms with van der Waals surface area (Å²) in [5.74, 6) is -0.375. The number of rotatable bonds is 6. The standard InChI is InChI=1S/C22H16Cl2O4/c1-2-27-22(26)18(21(25)14-6-4-3-5-7-14)13-16-9-11-20(28-16)17-12-15(23)8-10-19(17)24/h3-13H,2H2,1H3/b18-13+. The number of halogens is 2. The van der Waals surface area contributed by atoms with Crippen LogP contribution in [-0.4, -0.2) is 18.4 Å². The van der Waals surface area contributed by atoms with Crippen LogP contribution >= 0.6 is 23.2 Å². The fourth-order valence-electron chi connectivity index (χ4n) is 2.57. The highest BCUT2D eigenvalue weighted by Crippen LogP contribution is 2.32. The molecule has 0 amide bonds. The van der Waals surface area contributed by atoms with Crippen LogP contribution in [0.5, 0.6) is 0 Å². The maximum absolute atomic E-state index is 12.8. The van der Waals surface area contributed by atoms with Crippen molar-refractivity contribution in [2.75, 3.05) is 6.61 Å². The Labute approximate surface area is 172 Å². The lowest BCUT2D eigenvalue weighted by molar-refractivity contribution is -0.137. The number of furan rings is 1. The van der Waals surface area contributed by atoms with Gasteiger partial charge in [-0.05, 0) is 43.3 Å². The topological polar surface area (TPSA) is 56.5 Å². The molecular formula is C22H16Cl2O4. The number of hydrogen-bond donors (Lipinski definition) is 0. The first-order valence-corrected chi connectivity index (χ1v) is 9.29. The van der Waals surface area contributed by atoms with E-state index in [0.29, 0.717) is 32.7 Å². The van der Waals surface area contributed by atoms with Gasteiger partial charge < -0.3 is 9.15 Å². The molecule has 4 nitrogen and oxygen atoms in total. The SMILES string of the molecule is CCOC(=O)/C(=C/c1ccc(-c2cc(Cl)ccc2Cl)o1)C(=O)c1ccccc1. The Balaban J connectivity index is 1.99. The Morgan fingerprint density at radius 2 is 1.79 bits per heavy atom. The average molecular weight is 415 g/mol. The maximum atomic E-state index is 12.8. The molecule has 0 unspecified atom stereocenters. The lowest BCUT2D eigenvalue weighted by atomic mass is 10.0. The molecule has 0 spiro atoms. The Morgan fingerprint density at radius 3 is 2.50 bits per heavy atom. The van der Waals surface area contributed by atoms with Crippen molar-refractivity contribution in [2.24, 2.45) is 0 Å². The summed E-state index contributed by atoms with van der Waals surface area (Å²) in [6, 6.07) is 16.9. The third-order valence-electron chi connectivity index (χ3n) is 3.88. The molecule has 3 rings (SSSR count). The smallest absolute Gasteiger partial charge is 0.342 e. The lowest BCUT2D eigenvalue weighted by Gasteiger charge is -2.06. The fourth-order valence-corrected chi connectivity index (χ4v) is 2.96. The number of ketones is 1. The first-order valence-electron chi connectivity index (χ1n) is 8.53. The zero-order chi connectivity index (χ0) is 20.1. The molecule has 0 saturated heterocycles. The summed E-state index contributed by atoms with van der Waals surface area (Å²) < 4.78 is 10.8. The van der Waals surface area contributed by atoms with Gasteiger partial charge in [-0.2, -0.15) is 0 Å². The molecule has 0 atom stereocenters. The van der Waals surface area contributed by atoms with Gasteiger partial charge in [-0.15, -0.1) is 0 Å². The van der Waals surface area contributed by atoms with E-state index in [1.165, 1.54) is 6.08 Å². The van der Waals surface area contributed by atoms with E-state index in [0.717, 1.165) is 0 Å². The summed E-state index contributed by atoms with van der Waals surface area (Å²) in [5, 5.41) is 0.986. The minimum absolute atomic E-state index is 0.119. The van der Waals surface area contributed by atoms with E-state index in [9.17, 15) is 9.59 Å². The first kappa shape index (κ1) is 19.9. The predicted octanol–water partition coefficient (Wildman–Crippen LogP) is 6.08. The molecule has 0 saturated carbocycles. The molecular weight excluding hydrogens is 399 g/mol. The molecule has 0 aliphatic carbocycles. The van der Waals surface area contributed by atoms with Gasteiger partial charge in [-0.1, -0.05) is 53.5 Å². The summed E-state index contributed by atoms with van der Waals surface area (Å²) in [5.41, 5.74) is 0.874. The molecule has 0 aliphatic rings. The van der Waals surface area contributed by atoms with Gasteiger partial charge in [0.1, 0.15) is 17.1 Å². The molecule has 0 radical (unpaired) electrons. The summed E-state index contributed by atoms with van der Waals surface area (Å²) in [4.78, 5) is 25.1. The van der Waals surface area contributed by atoms with Gasteiger partial charge >= 0.3 is 5.97 Å². The van der Waals surface area contributed by atoms with E-state index < -0.39 is 11.8 Å². The van der Waals surface area contributed by atoms with Crippen LogP contribution in [0.15, 0.2) is 70.7 Å². The van der Waals surface area contributed by atoms with E-state index >= 15 is 0 Å². The summed E-state index contributed by atoms with van der Waals surface area (Å²) in [7, 11) is 0. The predicted molar refractivity (Wildman–Crippen MR) is 110 cm³/mol. The van der Waals surface area contributed by atoms with Crippen molar-refractivity contribution in [1.82, 2.24) is 0 Å². The van der Waals surface area contributed by atoms with Crippen LogP contribution in [0.1, 0.15) is 23.0 Å². The van der Waals surface area contributed by atoms with Gasteiger partial charge in [-0.3, -0.25) is 4.79 Å². The minimum Gasteiger partial charge on any atom is -0.462 e. The maximum Gasteiger partial charge on any atom is 0.342 e. The second-order valence-electron chi connectivity index (χ2n) is 5.80. The monoisotopic (exact) mass is 414 g/mol. The van der Waals surface area contributed by atoms with Gasteiger partial charge in [0.25, 0.3) is 0 Å². The largest absolute Gasteiger partial charge is 0.462 e. The van der Waals surface area contributed by atoms with Crippen LogP contribution in [0.3, 0.4) is 0 Å². The van der Waals surface area contributed by atoms with Gasteiger partial charge in [0.2, 0.25) is 0 Å². The molecule has 0 bridgehead atoms. The number of carbonyl (C=O) groups excluding carboxylic acids is 2. The van der Waals surface area contributed by atoms with Crippen molar-refractivity contribution >= 4 is 41.0 Å².